The molecule has 0 unspecified atom stereocenters. The van der Waals surface area contributed by atoms with E-state index in [4.69, 9.17) is 0 Å². The Kier molecular flexibility index (Phi) is 6.23. The predicted octanol–water partition coefficient (Wildman–Crippen LogP) is 4.24. The lowest BCUT2D eigenvalue weighted by molar-refractivity contribution is 0.102. The zero-order valence-electron chi connectivity index (χ0n) is 13.9. The molecule has 2 aromatic rings. The molecule has 0 spiro atoms. The van der Waals surface area contributed by atoms with Gasteiger partial charge in [0.1, 0.15) is 5.82 Å². The van der Waals surface area contributed by atoms with Crippen LogP contribution in [0.1, 0.15) is 37.0 Å². The molecule has 1 N–H and O–H groups in total. The topological polar surface area (TPSA) is 45.2 Å². The van der Waals surface area contributed by atoms with Crippen molar-refractivity contribution in [3.63, 3.8) is 0 Å². The van der Waals surface area contributed by atoms with E-state index in [9.17, 15) is 13.6 Å². The first-order chi connectivity index (χ1) is 11.5. The van der Waals surface area contributed by atoms with E-state index in [1.165, 1.54) is 12.3 Å². The normalized spacial score (nSPS) is 10.5. The zero-order valence-corrected chi connectivity index (χ0v) is 13.9. The van der Waals surface area contributed by atoms with E-state index in [1.54, 1.807) is 12.1 Å². The summed E-state index contributed by atoms with van der Waals surface area (Å²) in [4.78, 5) is 18.7. The van der Waals surface area contributed by atoms with Gasteiger partial charge >= 0.3 is 0 Å². The molecule has 0 aliphatic rings. The van der Waals surface area contributed by atoms with E-state index in [0.717, 1.165) is 43.9 Å². The number of rotatable bonds is 7. The van der Waals surface area contributed by atoms with Gasteiger partial charge in [-0.3, -0.25) is 4.79 Å². The van der Waals surface area contributed by atoms with Gasteiger partial charge < -0.3 is 10.2 Å². The second-order valence-electron chi connectivity index (χ2n) is 5.48. The van der Waals surface area contributed by atoms with Gasteiger partial charge in [0, 0.05) is 31.0 Å². The number of carbonyl (C=O) groups excluding carboxylic acids is 1. The molecule has 0 aliphatic carbocycles. The maximum absolute atomic E-state index is 13.2. The first-order valence-electron chi connectivity index (χ1n) is 8.02. The number of hydrogen-bond acceptors (Lipinski definition) is 3. The average molecular weight is 333 g/mol. The summed E-state index contributed by atoms with van der Waals surface area (Å²) in [7, 11) is 0. The maximum Gasteiger partial charge on any atom is 0.257 e. The maximum atomic E-state index is 13.2. The number of nitrogens with zero attached hydrogens (tertiary/aromatic N) is 2. The van der Waals surface area contributed by atoms with Crippen LogP contribution in [0.2, 0.25) is 0 Å². The van der Waals surface area contributed by atoms with Gasteiger partial charge in [0.05, 0.1) is 5.56 Å². The van der Waals surface area contributed by atoms with E-state index in [2.05, 4.69) is 29.0 Å². The van der Waals surface area contributed by atoms with Crippen LogP contribution < -0.4 is 10.2 Å². The van der Waals surface area contributed by atoms with Gasteiger partial charge in [-0.15, -0.1) is 0 Å². The number of aromatic nitrogens is 1. The van der Waals surface area contributed by atoms with Crippen molar-refractivity contribution in [3.8, 4) is 0 Å². The minimum atomic E-state index is -1.00. The number of amides is 1. The van der Waals surface area contributed by atoms with Crippen LogP contribution in [0, 0.1) is 11.6 Å². The summed E-state index contributed by atoms with van der Waals surface area (Å²) in [6.45, 7) is 6.01. The lowest BCUT2D eigenvalue weighted by Gasteiger charge is -2.22. The summed E-state index contributed by atoms with van der Waals surface area (Å²) in [6.07, 6.45) is 3.52. The van der Waals surface area contributed by atoms with Gasteiger partial charge in [0.15, 0.2) is 11.6 Å². The highest BCUT2D eigenvalue weighted by molar-refractivity contribution is 6.04. The fraction of sp³-hybridized carbons (Fsp3) is 0.333. The van der Waals surface area contributed by atoms with Crippen molar-refractivity contribution in [2.24, 2.45) is 0 Å². The Bertz CT molecular complexity index is 683. The van der Waals surface area contributed by atoms with Crippen LogP contribution >= 0.6 is 0 Å². The quantitative estimate of drug-likeness (QED) is 0.824. The van der Waals surface area contributed by atoms with E-state index < -0.39 is 17.5 Å². The third-order valence-electron chi connectivity index (χ3n) is 3.50. The third kappa shape index (κ3) is 4.50. The van der Waals surface area contributed by atoms with Crippen LogP contribution in [0.15, 0.2) is 36.5 Å². The van der Waals surface area contributed by atoms with Crippen LogP contribution in [0.25, 0.3) is 0 Å². The number of pyridine rings is 1. The molecular formula is C18H21F2N3O. The molecule has 4 nitrogen and oxygen atoms in total. The lowest BCUT2D eigenvalue weighted by Crippen LogP contribution is -2.26. The van der Waals surface area contributed by atoms with Crippen LogP contribution in [-0.4, -0.2) is 24.0 Å². The number of halogens is 2. The SMILES string of the molecule is CCCN(CCC)c1ccc(C(=O)Nc2ccc(F)c(F)c2)cn1. The standard InChI is InChI=1S/C18H21F2N3O/c1-3-9-23(10-4-2)17-8-5-13(12-21-17)18(24)22-14-6-7-15(19)16(20)11-14/h5-8,11-12H,3-4,9-10H2,1-2H3,(H,22,24). The second kappa shape index (κ2) is 8.38. The van der Waals surface area contributed by atoms with Gasteiger partial charge in [0.2, 0.25) is 0 Å². The molecule has 1 aromatic heterocycles. The summed E-state index contributed by atoms with van der Waals surface area (Å²) in [5.74, 6) is -1.55. The lowest BCUT2D eigenvalue weighted by atomic mass is 10.2. The van der Waals surface area contributed by atoms with Gasteiger partial charge in [-0.2, -0.15) is 0 Å². The molecule has 0 radical (unpaired) electrons. The van der Waals surface area contributed by atoms with Gasteiger partial charge in [0.25, 0.3) is 5.91 Å². The van der Waals surface area contributed by atoms with E-state index in [0.29, 0.717) is 5.56 Å². The van der Waals surface area contributed by atoms with Crippen molar-refractivity contribution in [1.82, 2.24) is 4.98 Å². The summed E-state index contributed by atoms with van der Waals surface area (Å²) in [5, 5.41) is 2.53. The molecule has 0 aliphatic heterocycles. The van der Waals surface area contributed by atoms with Crippen molar-refractivity contribution in [2.75, 3.05) is 23.3 Å². The van der Waals surface area contributed by atoms with Crippen LogP contribution in [-0.2, 0) is 0 Å². The molecule has 1 heterocycles. The summed E-state index contributed by atoms with van der Waals surface area (Å²) >= 11 is 0. The molecule has 0 bridgehead atoms. The Labute approximate surface area is 140 Å². The first-order valence-corrected chi connectivity index (χ1v) is 8.02. The molecular weight excluding hydrogens is 312 g/mol. The van der Waals surface area contributed by atoms with Gasteiger partial charge in [-0.25, -0.2) is 13.8 Å². The van der Waals surface area contributed by atoms with Crippen molar-refractivity contribution >= 4 is 17.4 Å². The van der Waals surface area contributed by atoms with Crippen molar-refractivity contribution in [2.45, 2.75) is 26.7 Å². The minimum Gasteiger partial charge on any atom is -0.357 e. The minimum absolute atomic E-state index is 0.196. The third-order valence-corrected chi connectivity index (χ3v) is 3.50. The van der Waals surface area contributed by atoms with Gasteiger partial charge in [-0.05, 0) is 37.1 Å². The predicted molar refractivity (Wildman–Crippen MR) is 91.3 cm³/mol. The largest absolute Gasteiger partial charge is 0.357 e. The zero-order chi connectivity index (χ0) is 17.5. The fourth-order valence-electron chi connectivity index (χ4n) is 2.37. The number of hydrogen-bond donors (Lipinski definition) is 1. The molecule has 6 heteroatoms. The molecule has 0 saturated carbocycles. The highest BCUT2D eigenvalue weighted by Crippen LogP contribution is 2.16. The molecule has 0 fully saturated rings. The van der Waals surface area contributed by atoms with E-state index in [1.807, 2.05) is 0 Å². The van der Waals surface area contributed by atoms with E-state index >= 15 is 0 Å². The number of benzene rings is 1. The Morgan fingerprint density at radius 2 is 1.79 bits per heavy atom. The van der Waals surface area contributed by atoms with Crippen LogP contribution in [0.3, 0.4) is 0 Å². The van der Waals surface area contributed by atoms with Crippen molar-refractivity contribution in [3.05, 3.63) is 53.7 Å². The summed E-state index contributed by atoms with van der Waals surface area (Å²) in [5.41, 5.74) is 0.554. The van der Waals surface area contributed by atoms with Crippen molar-refractivity contribution in [1.29, 1.82) is 0 Å². The monoisotopic (exact) mass is 333 g/mol. The first kappa shape index (κ1) is 17.8. The molecule has 128 valence electrons. The summed E-state index contributed by atoms with van der Waals surface area (Å²) in [6, 6.07) is 6.70. The van der Waals surface area contributed by atoms with Gasteiger partial charge in [-0.1, -0.05) is 13.8 Å². The highest BCUT2D eigenvalue weighted by Gasteiger charge is 2.11. The second-order valence-corrected chi connectivity index (χ2v) is 5.48. The Hall–Kier alpha value is -2.50. The Balaban J connectivity index is 2.08. The molecule has 0 atom stereocenters. The number of nitrogens with one attached hydrogen (secondary N) is 1. The Morgan fingerprint density at radius 1 is 1.08 bits per heavy atom. The number of anilines is 2. The van der Waals surface area contributed by atoms with E-state index in [-0.39, 0.29) is 5.69 Å². The molecule has 24 heavy (non-hydrogen) atoms. The van der Waals surface area contributed by atoms with Crippen molar-refractivity contribution < 1.29 is 13.6 Å². The molecule has 1 amide bonds. The molecule has 0 saturated heterocycles. The molecule has 2 rings (SSSR count). The smallest absolute Gasteiger partial charge is 0.257 e. The van der Waals surface area contributed by atoms with Crippen LogP contribution in [0.5, 0.6) is 0 Å². The Morgan fingerprint density at radius 3 is 2.33 bits per heavy atom. The number of carbonyl (C=O) groups is 1. The molecule has 1 aromatic carbocycles. The fourth-order valence-corrected chi connectivity index (χ4v) is 2.37. The highest BCUT2D eigenvalue weighted by atomic mass is 19.2. The van der Waals surface area contributed by atoms with Crippen LogP contribution in [0.4, 0.5) is 20.3 Å². The average Bonchev–Trinajstić information content (AvgIpc) is 2.58. The summed E-state index contributed by atoms with van der Waals surface area (Å²) < 4.78 is 26.1.